The van der Waals surface area contributed by atoms with Crippen LogP contribution in [0, 0.1) is 0 Å². The van der Waals surface area contributed by atoms with E-state index in [-0.39, 0.29) is 5.91 Å². The standard InChI is InChI=1S/C15H26N4O2/c16-7-9-19-11-14(18-12-19)15(20)17-8-4-10-21-13-5-2-1-3-6-13/h11-13H,1-10,16H2,(H,17,20). The van der Waals surface area contributed by atoms with Crippen LogP contribution in [0.2, 0.25) is 0 Å². The summed E-state index contributed by atoms with van der Waals surface area (Å²) in [5.74, 6) is -0.136. The van der Waals surface area contributed by atoms with Gasteiger partial charge in [-0.1, -0.05) is 19.3 Å². The number of nitrogens with two attached hydrogens (primary N) is 1. The lowest BCUT2D eigenvalue weighted by Crippen LogP contribution is -2.26. The Morgan fingerprint density at radius 2 is 2.24 bits per heavy atom. The number of hydrogen-bond acceptors (Lipinski definition) is 4. The zero-order valence-electron chi connectivity index (χ0n) is 12.6. The first-order chi connectivity index (χ1) is 10.3. The number of amides is 1. The van der Waals surface area contributed by atoms with E-state index < -0.39 is 0 Å². The molecule has 21 heavy (non-hydrogen) atoms. The molecule has 0 atom stereocenters. The van der Waals surface area contributed by atoms with Crippen molar-refractivity contribution >= 4 is 5.91 Å². The highest BCUT2D eigenvalue weighted by molar-refractivity contribution is 5.91. The number of rotatable bonds is 8. The van der Waals surface area contributed by atoms with Gasteiger partial charge in [-0.25, -0.2) is 4.98 Å². The molecule has 2 rings (SSSR count). The molecule has 0 bridgehead atoms. The van der Waals surface area contributed by atoms with Gasteiger partial charge >= 0.3 is 0 Å². The van der Waals surface area contributed by atoms with Crippen LogP contribution in [-0.4, -0.2) is 41.3 Å². The minimum atomic E-state index is -0.136. The normalized spacial score (nSPS) is 16.0. The Hall–Kier alpha value is -1.40. The highest BCUT2D eigenvalue weighted by Gasteiger charge is 2.13. The van der Waals surface area contributed by atoms with Crippen molar-refractivity contribution in [3.05, 3.63) is 18.2 Å². The van der Waals surface area contributed by atoms with E-state index in [0.29, 0.717) is 38.0 Å². The topological polar surface area (TPSA) is 82.2 Å². The summed E-state index contributed by atoms with van der Waals surface area (Å²) in [6.07, 6.45) is 10.9. The largest absolute Gasteiger partial charge is 0.378 e. The lowest BCUT2D eigenvalue weighted by atomic mass is 9.98. The van der Waals surface area contributed by atoms with Crippen molar-refractivity contribution in [3.8, 4) is 0 Å². The molecule has 0 unspecified atom stereocenters. The average Bonchev–Trinajstić information content (AvgIpc) is 2.97. The molecule has 1 aromatic heterocycles. The summed E-state index contributed by atoms with van der Waals surface area (Å²) in [6, 6.07) is 0. The van der Waals surface area contributed by atoms with E-state index in [4.69, 9.17) is 10.5 Å². The Bertz CT molecular complexity index is 427. The van der Waals surface area contributed by atoms with Crippen LogP contribution < -0.4 is 11.1 Å². The molecule has 1 aliphatic carbocycles. The smallest absolute Gasteiger partial charge is 0.271 e. The minimum absolute atomic E-state index is 0.136. The van der Waals surface area contributed by atoms with E-state index in [1.165, 1.54) is 32.1 Å². The van der Waals surface area contributed by atoms with Crippen LogP contribution in [0.3, 0.4) is 0 Å². The third kappa shape index (κ3) is 5.47. The van der Waals surface area contributed by atoms with Crippen molar-refractivity contribution in [2.75, 3.05) is 19.7 Å². The third-order valence-electron chi connectivity index (χ3n) is 3.77. The fourth-order valence-electron chi connectivity index (χ4n) is 2.60. The van der Waals surface area contributed by atoms with E-state index in [9.17, 15) is 4.79 Å². The summed E-state index contributed by atoms with van der Waals surface area (Å²) < 4.78 is 7.64. The number of nitrogens with one attached hydrogen (secondary N) is 1. The summed E-state index contributed by atoms with van der Waals surface area (Å²) in [4.78, 5) is 15.9. The van der Waals surface area contributed by atoms with Crippen LogP contribution in [0.25, 0.3) is 0 Å². The summed E-state index contributed by atoms with van der Waals surface area (Å²) >= 11 is 0. The maximum Gasteiger partial charge on any atom is 0.271 e. The molecule has 1 heterocycles. The average molecular weight is 294 g/mol. The highest BCUT2D eigenvalue weighted by Crippen LogP contribution is 2.20. The van der Waals surface area contributed by atoms with Crippen molar-refractivity contribution in [1.29, 1.82) is 0 Å². The van der Waals surface area contributed by atoms with E-state index >= 15 is 0 Å². The number of ether oxygens (including phenoxy) is 1. The maximum atomic E-state index is 11.9. The fourth-order valence-corrected chi connectivity index (χ4v) is 2.60. The van der Waals surface area contributed by atoms with Crippen LogP contribution >= 0.6 is 0 Å². The first-order valence-corrected chi connectivity index (χ1v) is 7.91. The van der Waals surface area contributed by atoms with Gasteiger partial charge in [-0.2, -0.15) is 0 Å². The van der Waals surface area contributed by atoms with Crippen molar-refractivity contribution in [2.24, 2.45) is 5.73 Å². The third-order valence-corrected chi connectivity index (χ3v) is 3.77. The SMILES string of the molecule is NCCn1cnc(C(=O)NCCCOC2CCCCC2)c1. The molecule has 1 aromatic rings. The van der Waals surface area contributed by atoms with Gasteiger partial charge in [0.25, 0.3) is 5.91 Å². The molecule has 6 heteroatoms. The minimum Gasteiger partial charge on any atom is -0.378 e. The van der Waals surface area contributed by atoms with Gasteiger partial charge in [0.2, 0.25) is 0 Å². The van der Waals surface area contributed by atoms with Gasteiger partial charge in [0.15, 0.2) is 0 Å². The summed E-state index contributed by atoms with van der Waals surface area (Å²) in [6.45, 7) is 2.55. The number of imidazole rings is 1. The van der Waals surface area contributed by atoms with E-state index in [1.807, 2.05) is 4.57 Å². The molecular weight excluding hydrogens is 268 g/mol. The van der Waals surface area contributed by atoms with Gasteiger partial charge < -0.3 is 20.4 Å². The summed E-state index contributed by atoms with van der Waals surface area (Å²) in [7, 11) is 0. The zero-order chi connectivity index (χ0) is 14.9. The summed E-state index contributed by atoms with van der Waals surface area (Å²) in [5.41, 5.74) is 5.90. The lowest BCUT2D eigenvalue weighted by Gasteiger charge is -2.21. The Labute approximate surface area is 126 Å². The Kier molecular flexibility index (Phi) is 6.69. The number of aromatic nitrogens is 2. The molecule has 1 aliphatic rings. The van der Waals surface area contributed by atoms with Crippen molar-refractivity contribution in [2.45, 2.75) is 51.2 Å². The maximum absolute atomic E-state index is 11.9. The Balaban J connectivity index is 1.58. The molecule has 1 fully saturated rings. The molecular formula is C15H26N4O2. The molecule has 0 saturated heterocycles. The molecule has 3 N–H and O–H groups in total. The monoisotopic (exact) mass is 294 g/mol. The molecule has 0 radical (unpaired) electrons. The Morgan fingerprint density at radius 3 is 3.00 bits per heavy atom. The van der Waals surface area contributed by atoms with Crippen molar-refractivity contribution in [3.63, 3.8) is 0 Å². The second kappa shape index (κ2) is 8.79. The van der Waals surface area contributed by atoms with Crippen LogP contribution in [0.5, 0.6) is 0 Å². The van der Waals surface area contributed by atoms with Gasteiger partial charge in [-0.3, -0.25) is 4.79 Å². The quantitative estimate of drug-likeness (QED) is 0.708. The molecule has 118 valence electrons. The van der Waals surface area contributed by atoms with Gasteiger partial charge in [-0.05, 0) is 19.3 Å². The summed E-state index contributed by atoms with van der Waals surface area (Å²) in [5, 5.41) is 2.87. The van der Waals surface area contributed by atoms with Gasteiger partial charge in [0, 0.05) is 32.4 Å². The van der Waals surface area contributed by atoms with Crippen LogP contribution in [0.1, 0.15) is 49.0 Å². The van der Waals surface area contributed by atoms with Gasteiger partial charge in [-0.15, -0.1) is 0 Å². The molecule has 0 spiro atoms. The first-order valence-electron chi connectivity index (χ1n) is 7.91. The molecule has 1 amide bonds. The first kappa shape index (κ1) is 16.0. The number of carbonyl (C=O) groups excluding carboxylic acids is 1. The van der Waals surface area contributed by atoms with Crippen molar-refractivity contribution < 1.29 is 9.53 Å². The predicted octanol–water partition coefficient (Wildman–Crippen LogP) is 1.31. The number of hydrogen-bond donors (Lipinski definition) is 2. The van der Waals surface area contributed by atoms with Crippen LogP contribution in [0.4, 0.5) is 0 Å². The highest BCUT2D eigenvalue weighted by atomic mass is 16.5. The van der Waals surface area contributed by atoms with Crippen LogP contribution in [-0.2, 0) is 11.3 Å². The van der Waals surface area contributed by atoms with E-state index in [0.717, 1.165) is 6.42 Å². The number of carbonyl (C=O) groups is 1. The second-order valence-electron chi connectivity index (χ2n) is 5.53. The van der Waals surface area contributed by atoms with Crippen LogP contribution in [0.15, 0.2) is 12.5 Å². The fraction of sp³-hybridized carbons (Fsp3) is 0.733. The predicted molar refractivity (Wildman–Crippen MR) is 81.1 cm³/mol. The van der Waals surface area contributed by atoms with Gasteiger partial charge in [0.05, 0.1) is 12.4 Å². The molecule has 6 nitrogen and oxygen atoms in total. The second-order valence-corrected chi connectivity index (χ2v) is 5.53. The zero-order valence-corrected chi connectivity index (χ0v) is 12.6. The molecule has 0 aliphatic heterocycles. The van der Waals surface area contributed by atoms with E-state index in [1.54, 1.807) is 12.5 Å². The van der Waals surface area contributed by atoms with E-state index in [2.05, 4.69) is 10.3 Å². The number of nitrogens with zero attached hydrogens (tertiary/aromatic N) is 2. The lowest BCUT2D eigenvalue weighted by molar-refractivity contribution is 0.0273. The molecule has 0 aromatic carbocycles. The van der Waals surface area contributed by atoms with Crippen molar-refractivity contribution in [1.82, 2.24) is 14.9 Å². The molecule has 1 saturated carbocycles. The Morgan fingerprint density at radius 1 is 1.43 bits per heavy atom. The van der Waals surface area contributed by atoms with Gasteiger partial charge in [0.1, 0.15) is 5.69 Å².